The Hall–Kier alpha value is -3.15. The van der Waals surface area contributed by atoms with Gasteiger partial charge in [-0.25, -0.2) is 9.18 Å². The van der Waals surface area contributed by atoms with Gasteiger partial charge in [0.25, 0.3) is 0 Å². The van der Waals surface area contributed by atoms with Gasteiger partial charge in [-0.15, -0.1) is 0 Å². The third-order valence-electron chi connectivity index (χ3n) is 4.78. The molecule has 5 nitrogen and oxygen atoms in total. The maximum absolute atomic E-state index is 13.5. The first-order valence-corrected chi connectivity index (χ1v) is 9.46. The van der Waals surface area contributed by atoms with Crippen LogP contribution in [0.3, 0.4) is 0 Å². The zero-order valence-corrected chi connectivity index (χ0v) is 17.1. The van der Waals surface area contributed by atoms with Crippen molar-refractivity contribution in [2.45, 2.75) is 32.6 Å². The van der Waals surface area contributed by atoms with Crippen LogP contribution in [0.1, 0.15) is 43.9 Å². The number of rotatable bonds is 4. The fourth-order valence-corrected chi connectivity index (χ4v) is 3.31. The highest BCUT2D eigenvalue weighted by Crippen LogP contribution is 2.39. The van der Waals surface area contributed by atoms with Gasteiger partial charge in [-0.05, 0) is 35.2 Å². The summed E-state index contributed by atoms with van der Waals surface area (Å²) in [4.78, 5) is 25.4. The van der Waals surface area contributed by atoms with Gasteiger partial charge in [-0.2, -0.15) is 0 Å². The van der Waals surface area contributed by atoms with Crippen LogP contribution in [-0.2, 0) is 10.2 Å². The first-order chi connectivity index (χ1) is 13.7. The molecule has 1 aliphatic heterocycles. The highest BCUT2D eigenvalue weighted by atomic mass is 19.1. The Kier molecular flexibility index (Phi) is 5.73. The number of methoxy groups -OCH3 is 1. The lowest BCUT2D eigenvalue weighted by molar-refractivity contribution is -0.120. The van der Waals surface area contributed by atoms with E-state index in [1.54, 1.807) is 24.2 Å². The van der Waals surface area contributed by atoms with Gasteiger partial charge < -0.3 is 4.74 Å². The average Bonchev–Trinajstić information content (AvgIpc) is 2.65. The molecule has 1 saturated heterocycles. The maximum Gasteiger partial charge on any atom is 0.328 e. The highest BCUT2D eigenvalue weighted by Gasteiger charge is 2.28. The number of anilines is 1. The Bertz CT molecular complexity index is 977. The third kappa shape index (κ3) is 4.65. The summed E-state index contributed by atoms with van der Waals surface area (Å²) in [5.74, 6) is 0.113. The Balaban J connectivity index is 2.10. The topological polar surface area (TPSA) is 58.6 Å². The van der Waals surface area contributed by atoms with E-state index in [-0.39, 0.29) is 23.6 Å². The van der Waals surface area contributed by atoms with Crippen molar-refractivity contribution in [3.8, 4) is 5.75 Å². The number of ether oxygens (including phenoxy) is 1. The first kappa shape index (κ1) is 20.6. The van der Waals surface area contributed by atoms with Gasteiger partial charge in [0.05, 0.1) is 7.11 Å². The number of benzene rings is 2. The molecule has 1 aliphatic rings. The summed E-state index contributed by atoms with van der Waals surface area (Å²) in [5.41, 5.74) is 2.85. The summed E-state index contributed by atoms with van der Waals surface area (Å²) < 4.78 is 19.2. The predicted molar refractivity (Wildman–Crippen MR) is 113 cm³/mol. The zero-order chi connectivity index (χ0) is 21.2. The minimum Gasteiger partial charge on any atom is -0.496 e. The van der Waals surface area contributed by atoms with E-state index in [4.69, 9.17) is 4.74 Å². The number of nitrogens with zero attached hydrogens (tertiary/aromatic N) is 1. The second kappa shape index (κ2) is 8.07. The van der Waals surface area contributed by atoms with Crippen LogP contribution >= 0.6 is 0 Å². The molecule has 152 valence electrons. The second-order valence-corrected chi connectivity index (χ2v) is 8.01. The van der Waals surface area contributed by atoms with Gasteiger partial charge in [0.15, 0.2) is 0 Å². The fraction of sp³-hybridized carbons (Fsp3) is 0.304. The number of halogens is 1. The van der Waals surface area contributed by atoms with Gasteiger partial charge in [0.2, 0.25) is 5.91 Å². The van der Waals surface area contributed by atoms with Crippen LogP contribution in [-0.4, -0.2) is 25.6 Å². The van der Waals surface area contributed by atoms with Gasteiger partial charge >= 0.3 is 6.03 Å². The predicted octanol–water partition coefficient (Wildman–Crippen LogP) is 4.75. The molecule has 0 aromatic heterocycles. The molecule has 29 heavy (non-hydrogen) atoms. The van der Waals surface area contributed by atoms with Crippen LogP contribution in [0.25, 0.3) is 12.2 Å². The van der Waals surface area contributed by atoms with E-state index in [9.17, 15) is 14.0 Å². The molecule has 3 amide bonds. The van der Waals surface area contributed by atoms with Crippen LogP contribution in [0, 0.1) is 5.82 Å². The molecule has 0 unspecified atom stereocenters. The normalized spacial score (nSPS) is 15.0. The Morgan fingerprint density at radius 3 is 2.52 bits per heavy atom. The fourth-order valence-electron chi connectivity index (χ4n) is 3.31. The first-order valence-electron chi connectivity index (χ1n) is 9.46. The molecule has 0 aliphatic carbocycles. The van der Waals surface area contributed by atoms with Gasteiger partial charge in [-0.3, -0.25) is 15.0 Å². The molecule has 3 rings (SSSR count). The van der Waals surface area contributed by atoms with Crippen LogP contribution in [0.15, 0.2) is 36.4 Å². The lowest BCUT2D eigenvalue weighted by atomic mass is 9.84. The number of nitrogens with one attached hydrogen (secondary N) is 1. The van der Waals surface area contributed by atoms with Crippen molar-refractivity contribution < 1.29 is 18.7 Å². The monoisotopic (exact) mass is 396 g/mol. The molecule has 1 fully saturated rings. The van der Waals surface area contributed by atoms with E-state index in [0.29, 0.717) is 18.0 Å². The van der Waals surface area contributed by atoms with Crippen molar-refractivity contribution in [1.29, 1.82) is 0 Å². The number of imide groups is 1. The number of amides is 3. The summed E-state index contributed by atoms with van der Waals surface area (Å²) in [6, 6.07) is 9.63. The standard InChI is InChI=1S/C23H25FN2O3/c1-23(2,3)19-14-18(26-11-10-20(27)25-22(26)28)13-16(21(19)29-4)9-8-15-6-5-7-17(24)12-15/h5-9,12-14H,10-11H2,1-4H3,(H,25,27,28)/b9-8+. The van der Waals surface area contributed by atoms with E-state index in [1.165, 1.54) is 12.1 Å². The molecule has 1 heterocycles. The van der Waals surface area contributed by atoms with E-state index >= 15 is 0 Å². The molecule has 0 saturated carbocycles. The Labute approximate surface area is 170 Å². The van der Waals surface area contributed by atoms with E-state index in [2.05, 4.69) is 26.1 Å². The van der Waals surface area contributed by atoms with Crippen LogP contribution in [0.2, 0.25) is 0 Å². The quantitative estimate of drug-likeness (QED) is 0.759. The lowest BCUT2D eigenvalue weighted by Crippen LogP contribution is -2.49. The minimum absolute atomic E-state index is 0.245. The number of hydrogen-bond acceptors (Lipinski definition) is 3. The SMILES string of the molecule is COc1c(/C=C/c2cccc(F)c2)cc(N2CCC(=O)NC2=O)cc1C(C)(C)C. The van der Waals surface area contributed by atoms with Crippen molar-refractivity contribution in [2.24, 2.45) is 0 Å². The molecule has 1 N–H and O–H groups in total. The number of carbonyl (C=O) groups excluding carboxylic acids is 2. The van der Waals surface area contributed by atoms with Crippen molar-refractivity contribution >= 4 is 29.8 Å². The van der Waals surface area contributed by atoms with Gasteiger partial charge in [0, 0.05) is 29.8 Å². The van der Waals surface area contributed by atoms with E-state index in [0.717, 1.165) is 16.7 Å². The Morgan fingerprint density at radius 2 is 1.90 bits per heavy atom. The Morgan fingerprint density at radius 1 is 1.14 bits per heavy atom. The van der Waals surface area contributed by atoms with Gasteiger partial charge in [-0.1, -0.05) is 45.1 Å². The van der Waals surface area contributed by atoms with Crippen LogP contribution in [0.4, 0.5) is 14.9 Å². The van der Waals surface area contributed by atoms with Crippen molar-refractivity contribution in [1.82, 2.24) is 5.32 Å². The van der Waals surface area contributed by atoms with Crippen molar-refractivity contribution in [3.05, 3.63) is 58.9 Å². The molecule has 6 heteroatoms. The average molecular weight is 396 g/mol. The minimum atomic E-state index is -0.439. The van der Waals surface area contributed by atoms with E-state index in [1.807, 2.05) is 24.3 Å². The molecule has 0 radical (unpaired) electrons. The lowest BCUT2D eigenvalue weighted by Gasteiger charge is -2.30. The smallest absolute Gasteiger partial charge is 0.328 e. The van der Waals surface area contributed by atoms with Crippen molar-refractivity contribution in [3.63, 3.8) is 0 Å². The summed E-state index contributed by atoms with van der Waals surface area (Å²) in [6.07, 6.45) is 3.90. The number of carbonyl (C=O) groups is 2. The molecule has 0 bridgehead atoms. The number of hydrogen-bond donors (Lipinski definition) is 1. The molecular formula is C23H25FN2O3. The largest absolute Gasteiger partial charge is 0.496 e. The van der Waals surface area contributed by atoms with Gasteiger partial charge in [0.1, 0.15) is 11.6 Å². The second-order valence-electron chi connectivity index (χ2n) is 8.01. The molecular weight excluding hydrogens is 371 g/mol. The molecule has 2 aromatic carbocycles. The van der Waals surface area contributed by atoms with Crippen LogP contribution < -0.4 is 15.0 Å². The summed E-state index contributed by atoms with van der Waals surface area (Å²) in [7, 11) is 1.61. The van der Waals surface area contributed by atoms with E-state index < -0.39 is 6.03 Å². The summed E-state index contributed by atoms with van der Waals surface area (Å²) in [6.45, 7) is 6.51. The highest BCUT2D eigenvalue weighted by molar-refractivity contribution is 6.05. The third-order valence-corrected chi connectivity index (χ3v) is 4.78. The molecule has 2 aromatic rings. The van der Waals surface area contributed by atoms with Crippen molar-refractivity contribution in [2.75, 3.05) is 18.6 Å². The summed E-state index contributed by atoms with van der Waals surface area (Å²) >= 11 is 0. The number of urea groups is 1. The zero-order valence-electron chi connectivity index (χ0n) is 17.1. The maximum atomic E-state index is 13.5. The van der Waals surface area contributed by atoms with Crippen LogP contribution in [0.5, 0.6) is 5.75 Å². The molecule has 0 atom stereocenters. The molecule has 0 spiro atoms. The summed E-state index contributed by atoms with van der Waals surface area (Å²) in [5, 5.41) is 2.36.